The van der Waals surface area contributed by atoms with E-state index in [9.17, 15) is 13.2 Å². The second-order valence-corrected chi connectivity index (χ2v) is 6.40. The van der Waals surface area contributed by atoms with E-state index in [2.05, 4.69) is 31.0 Å². The predicted octanol–water partition coefficient (Wildman–Crippen LogP) is 1.58. The number of aromatic nitrogens is 3. The molecule has 0 aliphatic heterocycles. The van der Waals surface area contributed by atoms with Crippen LogP contribution in [-0.4, -0.2) is 29.2 Å². The van der Waals surface area contributed by atoms with Crippen LogP contribution in [0.15, 0.2) is 33.9 Å². The molecular weight excluding hydrogens is 348 g/mol. The van der Waals surface area contributed by atoms with E-state index >= 15 is 0 Å². The van der Waals surface area contributed by atoms with Gasteiger partial charge in [0.15, 0.2) is 10.4 Å². The third-order valence-corrected chi connectivity index (χ3v) is 4.80. The maximum atomic E-state index is 12.2. The van der Waals surface area contributed by atoms with Crippen molar-refractivity contribution in [3.05, 3.63) is 34.4 Å². The Balaban J connectivity index is 2.31. The minimum atomic E-state index is -3.81. The highest BCUT2D eigenvalue weighted by Crippen LogP contribution is 2.21. The van der Waals surface area contributed by atoms with Gasteiger partial charge in [0.05, 0.1) is 0 Å². The second-order valence-electron chi connectivity index (χ2n) is 4.05. The summed E-state index contributed by atoms with van der Waals surface area (Å²) in [6, 6.07) is 6.14. The van der Waals surface area contributed by atoms with Crippen LogP contribution in [0.4, 0.5) is 5.69 Å². The minimum absolute atomic E-state index is 0.0758. The molecule has 20 heavy (non-hydrogen) atoms. The largest absolute Gasteiger partial charge is 0.295 e. The number of Topliss-reactive ketones (excluding diaryl/α,β-unsaturated/α-hetero) is 1. The average molecular weight is 359 g/mol. The number of nitrogens with one attached hydrogen (secondary N) is 1. The van der Waals surface area contributed by atoms with Crippen molar-refractivity contribution in [3.63, 3.8) is 0 Å². The van der Waals surface area contributed by atoms with E-state index in [-0.39, 0.29) is 15.4 Å². The van der Waals surface area contributed by atoms with Gasteiger partial charge in [-0.1, -0.05) is 5.21 Å². The van der Waals surface area contributed by atoms with Gasteiger partial charge in [-0.15, -0.1) is 5.10 Å². The maximum Gasteiger partial charge on any atom is 0.281 e. The number of hydrogen-bond acceptors (Lipinski definition) is 5. The topological polar surface area (TPSA) is 93.9 Å². The summed E-state index contributed by atoms with van der Waals surface area (Å²) in [5.74, 6) is -0.0852. The lowest BCUT2D eigenvalue weighted by atomic mass is 10.1. The van der Waals surface area contributed by atoms with Crippen molar-refractivity contribution in [1.82, 2.24) is 15.0 Å². The number of halogens is 1. The van der Waals surface area contributed by atoms with Crippen LogP contribution < -0.4 is 4.72 Å². The van der Waals surface area contributed by atoms with Gasteiger partial charge in [-0.3, -0.25) is 9.52 Å². The standard InChI is InChI=1S/C11H11BrN4O3S/c1-7(17)8-3-5-9(6-4-8)14-20(18,19)11-10(12)13-15-16(11)2/h3-6,14H,1-2H3. The Morgan fingerprint density at radius 2 is 1.90 bits per heavy atom. The molecule has 0 saturated carbocycles. The molecule has 1 heterocycles. The molecule has 2 aromatic rings. The number of anilines is 1. The lowest BCUT2D eigenvalue weighted by Crippen LogP contribution is -2.17. The zero-order chi connectivity index (χ0) is 14.9. The Morgan fingerprint density at radius 1 is 1.30 bits per heavy atom. The Bertz CT molecular complexity index is 733. The first-order chi connectivity index (χ1) is 9.31. The van der Waals surface area contributed by atoms with Crippen molar-refractivity contribution in [3.8, 4) is 0 Å². The molecule has 0 aliphatic carbocycles. The number of nitrogens with zero attached hydrogens (tertiary/aromatic N) is 3. The summed E-state index contributed by atoms with van der Waals surface area (Å²) in [5.41, 5.74) is 0.861. The van der Waals surface area contributed by atoms with Gasteiger partial charge in [-0.05, 0) is 47.1 Å². The first-order valence-electron chi connectivity index (χ1n) is 5.50. The summed E-state index contributed by atoms with van der Waals surface area (Å²) in [4.78, 5) is 11.2. The van der Waals surface area contributed by atoms with Crippen LogP contribution >= 0.6 is 15.9 Å². The first-order valence-corrected chi connectivity index (χ1v) is 7.78. The summed E-state index contributed by atoms with van der Waals surface area (Å²) in [6.07, 6.45) is 0. The predicted molar refractivity (Wildman–Crippen MR) is 76.0 cm³/mol. The normalized spacial score (nSPS) is 11.3. The van der Waals surface area contributed by atoms with Gasteiger partial charge >= 0.3 is 0 Å². The summed E-state index contributed by atoms with van der Waals surface area (Å²) in [7, 11) is -2.33. The SMILES string of the molecule is CC(=O)c1ccc(NS(=O)(=O)c2c(Br)nnn2C)cc1. The smallest absolute Gasteiger partial charge is 0.281 e. The highest BCUT2D eigenvalue weighted by Gasteiger charge is 2.23. The van der Waals surface area contributed by atoms with Crippen molar-refractivity contribution in [1.29, 1.82) is 0 Å². The number of carbonyl (C=O) groups is 1. The van der Waals surface area contributed by atoms with E-state index in [1.165, 1.54) is 26.1 Å². The molecule has 2 rings (SSSR count). The molecule has 1 N–H and O–H groups in total. The summed E-state index contributed by atoms with van der Waals surface area (Å²) >= 11 is 3.04. The number of rotatable bonds is 4. The van der Waals surface area contributed by atoms with Gasteiger partial charge in [-0.2, -0.15) is 8.42 Å². The minimum Gasteiger partial charge on any atom is -0.295 e. The molecule has 0 radical (unpaired) electrons. The molecule has 0 amide bonds. The molecule has 7 nitrogen and oxygen atoms in total. The fraction of sp³-hybridized carbons (Fsp3) is 0.182. The number of carbonyl (C=O) groups excluding carboxylic acids is 1. The van der Waals surface area contributed by atoms with Crippen LogP contribution in [0.2, 0.25) is 0 Å². The fourth-order valence-corrected chi connectivity index (χ4v) is 3.74. The van der Waals surface area contributed by atoms with Crippen molar-refractivity contribution in [2.24, 2.45) is 7.05 Å². The molecule has 1 aromatic carbocycles. The zero-order valence-electron chi connectivity index (χ0n) is 10.7. The molecule has 0 spiro atoms. The van der Waals surface area contributed by atoms with E-state index in [4.69, 9.17) is 0 Å². The third kappa shape index (κ3) is 2.88. The van der Waals surface area contributed by atoms with Crippen LogP contribution in [0.1, 0.15) is 17.3 Å². The van der Waals surface area contributed by atoms with E-state index in [0.29, 0.717) is 11.3 Å². The van der Waals surface area contributed by atoms with E-state index in [1.54, 1.807) is 12.1 Å². The molecule has 0 aliphatic rings. The van der Waals surface area contributed by atoms with Gasteiger partial charge in [0.25, 0.3) is 10.0 Å². The molecule has 106 valence electrons. The Kier molecular flexibility index (Phi) is 3.91. The second kappa shape index (κ2) is 5.33. The lowest BCUT2D eigenvalue weighted by molar-refractivity contribution is 0.101. The van der Waals surface area contributed by atoms with Gasteiger partial charge in [0.2, 0.25) is 5.03 Å². The molecule has 0 saturated heterocycles. The van der Waals surface area contributed by atoms with Crippen LogP contribution in [0.3, 0.4) is 0 Å². The summed E-state index contributed by atoms with van der Waals surface area (Å²) in [5, 5.41) is 7.17. The van der Waals surface area contributed by atoms with E-state index in [1.807, 2.05) is 0 Å². The Labute approximate surface area is 124 Å². The fourth-order valence-electron chi connectivity index (χ4n) is 1.58. The molecular formula is C11H11BrN4O3S. The van der Waals surface area contributed by atoms with Crippen molar-refractivity contribution >= 4 is 37.4 Å². The van der Waals surface area contributed by atoms with Crippen LogP contribution in [0.5, 0.6) is 0 Å². The highest BCUT2D eigenvalue weighted by molar-refractivity contribution is 9.10. The first kappa shape index (κ1) is 14.7. The Hall–Kier alpha value is -1.74. The number of aryl methyl sites for hydroxylation is 1. The van der Waals surface area contributed by atoms with Crippen LogP contribution in [-0.2, 0) is 17.1 Å². The molecule has 0 bridgehead atoms. The molecule has 0 atom stereocenters. The summed E-state index contributed by atoms with van der Waals surface area (Å²) in [6.45, 7) is 1.44. The highest BCUT2D eigenvalue weighted by atomic mass is 79.9. The third-order valence-electron chi connectivity index (χ3n) is 2.54. The average Bonchev–Trinajstić information content (AvgIpc) is 2.69. The van der Waals surface area contributed by atoms with Crippen LogP contribution in [0.25, 0.3) is 0 Å². The van der Waals surface area contributed by atoms with E-state index in [0.717, 1.165) is 4.68 Å². The van der Waals surface area contributed by atoms with Gasteiger partial charge < -0.3 is 0 Å². The van der Waals surface area contributed by atoms with Gasteiger partial charge in [-0.25, -0.2) is 4.68 Å². The number of hydrogen-bond donors (Lipinski definition) is 1. The van der Waals surface area contributed by atoms with Gasteiger partial charge in [0.1, 0.15) is 0 Å². The van der Waals surface area contributed by atoms with Crippen molar-refractivity contribution in [2.75, 3.05) is 4.72 Å². The van der Waals surface area contributed by atoms with Crippen molar-refractivity contribution < 1.29 is 13.2 Å². The maximum absolute atomic E-state index is 12.2. The van der Waals surface area contributed by atoms with Crippen molar-refractivity contribution in [2.45, 2.75) is 11.9 Å². The number of ketones is 1. The number of sulfonamides is 1. The molecule has 0 fully saturated rings. The lowest BCUT2D eigenvalue weighted by Gasteiger charge is -2.08. The van der Waals surface area contributed by atoms with Crippen LogP contribution in [0, 0.1) is 0 Å². The number of benzene rings is 1. The molecule has 9 heteroatoms. The molecule has 0 unspecified atom stereocenters. The van der Waals surface area contributed by atoms with Gasteiger partial charge in [0, 0.05) is 18.3 Å². The zero-order valence-corrected chi connectivity index (χ0v) is 13.1. The van der Waals surface area contributed by atoms with E-state index < -0.39 is 10.0 Å². The Morgan fingerprint density at radius 3 is 2.35 bits per heavy atom. The molecule has 1 aromatic heterocycles. The summed E-state index contributed by atoms with van der Waals surface area (Å²) < 4.78 is 28.1. The quantitative estimate of drug-likeness (QED) is 0.837. The monoisotopic (exact) mass is 358 g/mol.